The van der Waals surface area contributed by atoms with Gasteiger partial charge >= 0.3 is 0 Å². The molecule has 1 heterocycles. The predicted molar refractivity (Wildman–Crippen MR) is 71.6 cm³/mol. The van der Waals surface area contributed by atoms with Gasteiger partial charge in [0.05, 0.1) is 0 Å². The summed E-state index contributed by atoms with van der Waals surface area (Å²) in [5.74, 6) is 0. The molecule has 1 aliphatic rings. The van der Waals surface area contributed by atoms with Gasteiger partial charge in [-0.3, -0.25) is 4.90 Å². The van der Waals surface area contributed by atoms with Gasteiger partial charge in [0.25, 0.3) is 0 Å². The number of nitrogens with one attached hydrogen (secondary N) is 1. The van der Waals surface area contributed by atoms with E-state index >= 15 is 0 Å². The predicted octanol–water partition coefficient (Wildman–Crippen LogP) is 2.80. The Kier molecular flexibility index (Phi) is 4.00. The van der Waals surface area contributed by atoms with Crippen LogP contribution in [0.1, 0.15) is 25.5 Å². The van der Waals surface area contributed by atoms with Crippen molar-refractivity contribution < 1.29 is 0 Å². The lowest BCUT2D eigenvalue weighted by atomic mass is 10.1. The van der Waals surface area contributed by atoms with E-state index in [1.165, 1.54) is 5.56 Å². The molecular weight excluding hydrogens is 264 g/mol. The Morgan fingerprint density at radius 3 is 2.69 bits per heavy atom. The second kappa shape index (κ2) is 5.30. The van der Waals surface area contributed by atoms with E-state index in [1.807, 2.05) is 0 Å². The molecule has 0 radical (unpaired) electrons. The van der Waals surface area contributed by atoms with Gasteiger partial charge in [-0.15, -0.1) is 0 Å². The molecule has 2 nitrogen and oxygen atoms in total. The summed E-state index contributed by atoms with van der Waals surface area (Å²) in [5.41, 5.74) is 1.40. The van der Waals surface area contributed by atoms with Crippen molar-refractivity contribution in [3.8, 4) is 0 Å². The van der Waals surface area contributed by atoms with E-state index in [-0.39, 0.29) is 0 Å². The minimum atomic E-state index is 0.512. The molecule has 0 bridgehead atoms. The topological polar surface area (TPSA) is 15.3 Å². The van der Waals surface area contributed by atoms with Crippen LogP contribution in [0.3, 0.4) is 0 Å². The fraction of sp³-hybridized carbons (Fsp3) is 0.538. The van der Waals surface area contributed by atoms with Crippen LogP contribution >= 0.6 is 15.9 Å². The number of hydrogen-bond donors (Lipinski definition) is 1. The molecule has 1 aromatic rings. The molecule has 88 valence electrons. The highest BCUT2D eigenvalue weighted by atomic mass is 79.9. The van der Waals surface area contributed by atoms with Gasteiger partial charge < -0.3 is 5.32 Å². The molecule has 1 aromatic carbocycles. The third kappa shape index (κ3) is 2.84. The van der Waals surface area contributed by atoms with Gasteiger partial charge in [0.2, 0.25) is 0 Å². The second-order valence-electron chi connectivity index (χ2n) is 4.58. The summed E-state index contributed by atoms with van der Waals surface area (Å²) in [4.78, 5) is 2.55. The van der Waals surface area contributed by atoms with Crippen LogP contribution in [0.15, 0.2) is 28.7 Å². The highest BCUT2D eigenvalue weighted by Gasteiger charge is 2.21. The third-order valence-electron chi connectivity index (χ3n) is 3.30. The first-order chi connectivity index (χ1) is 7.66. The fourth-order valence-corrected chi connectivity index (χ4v) is 2.53. The fourth-order valence-electron chi connectivity index (χ4n) is 2.27. The molecule has 1 fully saturated rings. The van der Waals surface area contributed by atoms with Crippen molar-refractivity contribution in [3.05, 3.63) is 34.3 Å². The minimum Gasteiger partial charge on any atom is -0.312 e. The van der Waals surface area contributed by atoms with Crippen LogP contribution in [0, 0.1) is 0 Å². The van der Waals surface area contributed by atoms with Crippen LogP contribution < -0.4 is 5.32 Å². The lowest BCUT2D eigenvalue weighted by molar-refractivity contribution is 0.158. The standard InChI is InChI=1S/C13H19BrN2/c1-10-9-16(8-7-15-10)11(2)12-3-5-13(14)6-4-12/h3-6,10-11,15H,7-9H2,1-2H3. The van der Waals surface area contributed by atoms with E-state index in [1.54, 1.807) is 0 Å². The lowest BCUT2D eigenvalue weighted by Gasteiger charge is -2.36. The molecule has 0 spiro atoms. The lowest BCUT2D eigenvalue weighted by Crippen LogP contribution is -2.49. The van der Waals surface area contributed by atoms with E-state index in [0.717, 1.165) is 24.1 Å². The van der Waals surface area contributed by atoms with Gasteiger partial charge in [0.15, 0.2) is 0 Å². The van der Waals surface area contributed by atoms with Crippen molar-refractivity contribution in [3.63, 3.8) is 0 Å². The number of piperazine rings is 1. The Bertz CT molecular complexity index is 336. The Morgan fingerprint density at radius 2 is 2.06 bits per heavy atom. The third-order valence-corrected chi connectivity index (χ3v) is 3.83. The molecule has 16 heavy (non-hydrogen) atoms. The molecular formula is C13H19BrN2. The Balaban J connectivity index is 2.06. The van der Waals surface area contributed by atoms with Crippen molar-refractivity contribution in [2.75, 3.05) is 19.6 Å². The Morgan fingerprint density at radius 1 is 1.38 bits per heavy atom. The quantitative estimate of drug-likeness (QED) is 0.898. The highest BCUT2D eigenvalue weighted by Crippen LogP contribution is 2.22. The van der Waals surface area contributed by atoms with E-state index in [2.05, 4.69) is 64.3 Å². The zero-order chi connectivity index (χ0) is 11.5. The van der Waals surface area contributed by atoms with Crippen LogP contribution in [0.4, 0.5) is 0 Å². The summed E-state index contributed by atoms with van der Waals surface area (Å²) in [6, 6.07) is 9.78. The summed E-state index contributed by atoms with van der Waals surface area (Å²) in [7, 11) is 0. The number of rotatable bonds is 2. The maximum Gasteiger partial charge on any atom is 0.0321 e. The van der Waals surface area contributed by atoms with E-state index in [4.69, 9.17) is 0 Å². The van der Waals surface area contributed by atoms with E-state index in [9.17, 15) is 0 Å². The molecule has 0 amide bonds. The van der Waals surface area contributed by atoms with Gasteiger partial charge in [-0.05, 0) is 31.5 Å². The average Bonchev–Trinajstić information content (AvgIpc) is 2.29. The number of hydrogen-bond acceptors (Lipinski definition) is 2. The molecule has 2 unspecified atom stereocenters. The first kappa shape index (κ1) is 12.1. The Hall–Kier alpha value is -0.380. The van der Waals surface area contributed by atoms with Crippen LogP contribution in [-0.4, -0.2) is 30.6 Å². The van der Waals surface area contributed by atoms with Crippen molar-refractivity contribution in [1.82, 2.24) is 10.2 Å². The van der Waals surface area contributed by atoms with Crippen LogP contribution in [0.25, 0.3) is 0 Å². The number of benzene rings is 1. The zero-order valence-electron chi connectivity index (χ0n) is 9.91. The number of nitrogens with zero attached hydrogens (tertiary/aromatic N) is 1. The van der Waals surface area contributed by atoms with Crippen molar-refractivity contribution in [2.24, 2.45) is 0 Å². The first-order valence-corrected chi connectivity index (χ1v) is 6.69. The molecule has 1 aliphatic heterocycles. The summed E-state index contributed by atoms with van der Waals surface area (Å²) in [5, 5.41) is 3.48. The molecule has 1 saturated heterocycles. The summed E-state index contributed by atoms with van der Waals surface area (Å²) in [6.07, 6.45) is 0. The Labute approximate surface area is 106 Å². The molecule has 0 aromatic heterocycles. The van der Waals surface area contributed by atoms with E-state index < -0.39 is 0 Å². The van der Waals surface area contributed by atoms with Crippen molar-refractivity contribution in [2.45, 2.75) is 25.9 Å². The summed E-state index contributed by atoms with van der Waals surface area (Å²) in [6.45, 7) is 7.92. The van der Waals surface area contributed by atoms with Crippen molar-refractivity contribution in [1.29, 1.82) is 0 Å². The second-order valence-corrected chi connectivity index (χ2v) is 5.49. The number of halogens is 1. The summed E-state index contributed by atoms with van der Waals surface area (Å²) >= 11 is 3.48. The van der Waals surface area contributed by atoms with Crippen LogP contribution in [0.5, 0.6) is 0 Å². The largest absolute Gasteiger partial charge is 0.312 e. The summed E-state index contributed by atoms with van der Waals surface area (Å²) < 4.78 is 1.15. The van der Waals surface area contributed by atoms with Gasteiger partial charge in [-0.1, -0.05) is 28.1 Å². The SMILES string of the molecule is CC1CN(C(C)c2ccc(Br)cc2)CCN1. The van der Waals surface area contributed by atoms with E-state index in [0.29, 0.717) is 12.1 Å². The van der Waals surface area contributed by atoms with Gasteiger partial charge in [0, 0.05) is 36.2 Å². The van der Waals surface area contributed by atoms with Crippen LogP contribution in [0.2, 0.25) is 0 Å². The monoisotopic (exact) mass is 282 g/mol. The highest BCUT2D eigenvalue weighted by molar-refractivity contribution is 9.10. The molecule has 2 rings (SSSR count). The van der Waals surface area contributed by atoms with Gasteiger partial charge in [-0.2, -0.15) is 0 Å². The average molecular weight is 283 g/mol. The van der Waals surface area contributed by atoms with Gasteiger partial charge in [-0.25, -0.2) is 0 Å². The maximum absolute atomic E-state index is 3.48. The smallest absolute Gasteiger partial charge is 0.0321 e. The normalized spacial score (nSPS) is 24.3. The molecule has 0 saturated carbocycles. The molecule has 2 atom stereocenters. The molecule has 3 heteroatoms. The maximum atomic E-state index is 3.48. The molecule has 0 aliphatic carbocycles. The first-order valence-electron chi connectivity index (χ1n) is 5.89. The minimum absolute atomic E-state index is 0.512. The zero-order valence-corrected chi connectivity index (χ0v) is 11.5. The van der Waals surface area contributed by atoms with Gasteiger partial charge in [0.1, 0.15) is 0 Å². The molecule has 1 N–H and O–H groups in total. The van der Waals surface area contributed by atoms with Crippen molar-refractivity contribution >= 4 is 15.9 Å². The van der Waals surface area contributed by atoms with Crippen LogP contribution in [-0.2, 0) is 0 Å².